The van der Waals surface area contributed by atoms with E-state index in [4.69, 9.17) is 33.3 Å². The highest BCUT2D eigenvalue weighted by atomic mass is 35.5. The molecule has 3 aromatic rings. The van der Waals surface area contributed by atoms with Gasteiger partial charge in [-0.1, -0.05) is 23.2 Å². The lowest BCUT2D eigenvalue weighted by atomic mass is 10.1. The summed E-state index contributed by atoms with van der Waals surface area (Å²) in [5.41, 5.74) is 1.53. The number of nitrogens with zero attached hydrogens (tertiary/aromatic N) is 4. The van der Waals surface area contributed by atoms with Gasteiger partial charge in [0.15, 0.2) is 0 Å². The summed E-state index contributed by atoms with van der Waals surface area (Å²) >= 11 is 12.7. The van der Waals surface area contributed by atoms with Gasteiger partial charge in [-0.3, -0.25) is 4.79 Å². The van der Waals surface area contributed by atoms with Crippen molar-refractivity contribution >= 4 is 45.8 Å². The Hall–Kier alpha value is -2.35. The highest BCUT2D eigenvalue weighted by molar-refractivity contribution is 6.45. The Balaban J connectivity index is 1.78. The summed E-state index contributed by atoms with van der Waals surface area (Å²) in [4.78, 5) is 22.5. The fraction of sp³-hybridized carbons (Fsp3) is 0.316. The molecule has 1 aliphatic rings. The summed E-state index contributed by atoms with van der Waals surface area (Å²) in [5.74, 6) is 0.383. The number of aliphatic hydroxyl groups excluding tert-OH is 1. The first-order chi connectivity index (χ1) is 13.6. The molecule has 0 aliphatic carbocycles. The molecule has 2 aromatic heterocycles. The molecule has 1 fully saturated rings. The molecule has 28 heavy (non-hydrogen) atoms. The summed E-state index contributed by atoms with van der Waals surface area (Å²) < 4.78 is 1.91. The van der Waals surface area contributed by atoms with Gasteiger partial charge >= 0.3 is 0 Å². The third-order valence-electron chi connectivity index (χ3n) is 4.97. The van der Waals surface area contributed by atoms with Crippen molar-refractivity contribution in [3.8, 4) is 5.69 Å². The molecule has 0 saturated carbocycles. The maximum Gasteiger partial charge on any atom is 0.245 e. The van der Waals surface area contributed by atoms with Gasteiger partial charge < -0.3 is 19.9 Å². The predicted octanol–water partition coefficient (Wildman–Crippen LogP) is 2.80. The summed E-state index contributed by atoms with van der Waals surface area (Å²) in [6.45, 7) is 0.752. The number of benzene rings is 1. The highest BCUT2D eigenvalue weighted by Gasteiger charge is 2.27. The minimum Gasteiger partial charge on any atom is -0.387 e. The second-order valence-electron chi connectivity index (χ2n) is 6.68. The lowest BCUT2D eigenvalue weighted by molar-refractivity contribution is -0.123. The number of aromatic nitrogens is 3. The Labute approximate surface area is 171 Å². The fourth-order valence-electron chi connectivity index (χ4n) is 3.60. The van der Waals surface area contributed by atoms with Crippen molar-refractivity contribution in [1.82, 2.24) is 19.9 Å². The standard InChI is InChI=1S/C19H19Cl2N5O2/c20-14-4-3-13-15(25-7-5-22-11-25)8-16(24-19(13)18(14)21)26-6-1-2-12(26)9-23-17(28)10-27/h3-5,7-8,11-12,27H,1-2,6,9-10H2,(H,23,28). The van der Waals surface area contributed by atoms with Crippen LogP contribution in [0.3, 0.4) is 0 Å². The Morgan fingerprint density at radius 3 is 2.96 bits per heavy atom. The highest BCUT2D eigenvalue weighted by Crippen LogP contribution is 2.36. The molecule has 1 aromatic carbocycles. The van der Waals surface area contributed by atoms with Gasteiger partial charge in [-0.05, 0) is 25.0 Å². The molecular formula is C19H19Cl2N5O2. The average Bonchev–Trinajstić information content (AvgIpc) is 3.40. The van der Waals surface area contributed by atoms with Gasteiger partial charge in [-0.2, -0.15) is 0 Å². The van der Waals surface area contributed by atoms with Gasteiger partial charge in [0.1, 0.15) is 12.4 Å². The van der Waals surface area contributed by atoms with Crippen molar-refractivity contribution < 1.29 is 9.90 Å². The predicted molar refractivity (Wildman–Crippen MR) is 109 cm³/mol. The van der Waals surface area contributed by atoms with Crippen LogP contribution in [0, 0.1) is 0 Å². The Bertz CT molecular complexity index is 1010. The molecular weight excluding hydrogens is 401 g/mol. The molecule has 1 aliphatic heterocycles. The number of carbonyl (C=O) groups excluding carboxylic acids is 1. The molecule has 1 saturated heterocycles. The summed E-state index contributed by atoms with van der Waals surface area (Å²) in [5, 5.41) is 13.4. The monoisotopic (exact) mass is 419 g/mol. The number of rotatable bonds is 5. The Kier molecular flexibility index (Phi) is 5.39. The zero-order chi connectivity index (χ0) is 19.7. The van der Waals surface area contributed by atoms with E-state index in [1.54, 1.807) is 18.6 Å². The van der Waals surface area contributed by atoms with Crippen molar-refractivity contribution in [3.05, 3.63) is 47.0 Å². The van der Waals surface area contributed by atoms with Gasteiger partial charge in [0.2, 0.25) is 5.91 Å². The van der Waals surface area contributed by atoms with Crippen LogP contribution in [0.4, 0.5) is 5.82 Å². The smallest absolute Gasteiger partial charge is 0.245 e. The number of aliphatic hydroxyl groups is 1. The second kappa shape index (κ2) is 7.95. The first kappa shape index (κ1) is 19.0. The Morgan fingerprint density at radius 1 is 1.36 bits per heavy atom. The average molecular weight is 420 g/mol. The van der Waals surface area contributed by atoms with Crippen LogP contribution in [0.5, 0.6) is 0 Å². The Morgan fingerprint density at radius 2 is 2.21 bits per heavy atom. The molecule has 4 rings (SSSR count). The van der Waals surface area contributed by atoms with Crippen molar-refractivity contribution in [2.45, 2.75) is 18.9 Å². The third-order valence-corrected chi connectivity index (χ3v) is 5.76. The van der Waals surface area contributed by atoms with Crippen LogP contribution in [0.25, 0.3) is 16.6 Å². The number of imidazole rings is 1. The van der Waals surface area contributed by atoms with Crippen LogP contribution in [0.2, 0.25) is 10.0 Å². The quantitative estimate of drug-likeness (QED) is 0.664. The van der Waals surface area contributed by atoms with Gasteiger partial charge in [0, 0.05) is 43.0 Å². The van der Waals surface area contributed by atoms with Crippen LogP contribution in [-0.2, 0) is 4.79 Å². The summed E-state index contributed by atoms with van der Waals surface area (Å²) in [6.07, 6.45) is 7.22. The van der Waals surface area contributed by atoms with Crippen LogP contribution in [0.1, 0.15) is 12.8 Å². The maximum atomic E-state index is 11.4. The van der Waals surface area contributed by atoms with Gasteiger partial charge in [0.25, 0.3) is 0 Å². The number of hydrogen-bond acceptors (Lipinski definition) is 5. The molecule has 9 heteroatoms. The van der Waals surface area contributed by atoms with Crippen LogP contribution in [-0.4, -0.2) is 51.3 Å². The van der Waals surface area contributed by atoms with Crippen molar-refractivity contribution in [2.24, 2.45) is 0 Å². The summed E-state index contributed by atoms with van der Waals surface area (Å²) in [7, 11) is 0. The van der Waals surface area contributed by atoms with Gasteiger partial charge in [-0.15, -0.1) is 0 Å². The molecule has 1 atom stereocenters. The third kappa shape index (κ3) is 3.53. The van der Waals surface area contributed by atoms with Crippen molar-refractivity contribution in [1.29, 1.82) is 0 Å². The van der Waals surface area contributed by atoms with Gasteiger partial charge in [0.05, 0.1) is 27.6 Å². The van der Waals surface area contributed by atoms with E-state index in [1.807, 2.05) is 22.9 Å². The molecule has 0 bridgehead atoms. The van der Waals surface area contributed by atoms with E-state index in [9.17, 15) is 4.79 Å². The van der Waals surface area contributed by atoms with Crippen molar-refractivity contribution in [2.75, 3.05) is 24.6 Å². The van der Waals surface area contributed by atoms with E-state index in [0.29, 0.717) is 22.1 Å². The number of anilines is 1. The zero-order valence-electron chi connectivity index (χ0n) is 15.0. The number of carbonyl (C=O) groups is 1. The largest absolute Gasteiger partial charge is 0.387 e. The second-order valence-corrected chi connectivity index (χ2v) is 7.46. The molecule has 146 valence electrons. The molecule has 0 radical (unpaired) electrons. The van der Waals surface area contributed by atoms with E-state index in [2.05, 4.69) is 15.2 Å². The van der Waals surface area contributed by atoms with Gasteiger partial charge in [-0.25, -0.2) is 9.97 Å². The molecule has 0 spiro atoms. The molecule has 2 N–H and O–H groups in total. The van der Waals surface area contributed by atoms with E-state index >= 15 is 0 Å². The number of pyridine rings is 1. The van der Waals surface area contributed by atoms with Crippen molar-refractivity contribution in [3.63, 3.8) is 0 Å². The lowest BCUT2D eigenvalue weighted by Gasteiger charge is -2.27. The number of halogens is 2. The molecule has 3 heterocycles. The van der Waals surface area contributed by atoms with E-state index in [1.165, 1.54) is 0 Å². The maximum absolute atomic E-state index is 11.4. The minimum absolute atomic E-state index is 0.0917. The van der Waals surface area contributed by atoms with Crippen LogP contribution in [0.15, 0.2) is 36.9 Å². The number of nitrogens with one attached hydrogen (secondary N) is 1. The normalized spacial score (nSPS) is 16.7. The van der Waals surface area contributed by atoms with E-state index < -0.39 is 6.61 Å². The first-order valence-electron chi connectivity index (χ1n) is 8.99. The molecule has 7 nitrogen and oxygen atoms in total. The summed E-state index contributed by atoms with van der Waals surface area (Å²) in [6, 6.07) is 5.75. The van der Waals surface area contributed by atoms with Crippen LogP contribution < -0.4 is 10.2 Å². The lowest BCUT2D eigenvalue weighted by Crippen LogP contribution is -2.41. The van der Waals surface area contributed by atoms with E-state index in [-0.39, 0.29) is 11.9 Å². The zero-order valence-corrected chi connectivity index (χ0v) is 16.5. The number of amides is 1. The SMILES string of the molecule is O=C(CO)NCC1CCCN1c1cc(-n2ccnc2)c2ccc(Cl)c(Cl)c2n1. The van der Waals surface area contributed by atoms with Crippen LogP contribution >= 0.6 is 23.2 Å². The topological polar surface area (TPSA) is 83.3 Å². The van der Waals surface area contributed by atoms with E-state index in [0.717, 1.165) is 36.3 Å². The molecule has 1 amide bonds. The molecule has 1 unspecified atom stereocenters. The first-order valence-corrected chi connectivity index (χ1v) is 9.75. The minimum atomic E-state index is -0.514. The fourth-order valence-corrected chi connectivity index (χ4v) is 3.96. The number of fused-ring (bicyclic) bond motifs is 1. The number of hydrogen-bond donors (Lipinski definition) is 2.